The summed E-state index contributed by atoms with van der Waals surface area (Å²) in [5, 5.41) is 10.9. The quantitative estimate of drug-likeness (QED) is 0.782. The maximum Gasteiger partial charge on any atom is 0.212 e. The first-order chi connectivity index (χ1) is 10.7. The van der Waals surface area contributed by atoms with Gasteiger partial charge in [0.2, 0.25) is 5.13 Å². The van der Waals surface area contributed by atoms with Gasteiger partial charge in [0.25, 0.3) is 0 Å². The summed E-state index contributed by atoms with van der Waals surface area (Å²) in [6.07, 6.45) is 1.74. The highest BCUT2D eigenvalue weighted by atomic mass is 32.1. The van der Waals surface area contributed by atoms with E-state index in [1.165, 1.54) is 11.3 Å². The number of thiazole rings is 1. The first-order valence-corrected chi connectivity index (χ1v) is 7.80. The molecule has 22 heavy (non-hydrogen) atoms. The minimum absolute atomic E-state index is 0.316. The van der Waals surface area contributed by atoms with Gasteiger partial charge in [-0.2, -0.15) is 4.68 Å². The van der Waals surface area contributed by atoms with Gasteiger partial charge in [0, 0.05) is 18.1 Å². The third kappa shape index (κ3) is 2.86. The molecule has 0 saturated heterocycles. The molecule has 1 aromatic carbocycles. The molecule has 3 aromatic rings. The Labute approximate surface area is 132 Å². The molecule has 0 aliphatic heterocycles. The molecule has 0 bridgehead atoms. The lowest BCUT2D eigenvalue weighted by atomic mass is 10.1. The van der Waals surface area contributed by atoms with Crippen LogP contribution in [0.2, 0.25) is 0 Å². The zero-order valence-corrected chi connectivity index (χ0v) is 13.3. The van der Waals surface area contributed by atoms with Crippen LogP contribution >= 0.6 is 11.3 Å². The van der Waals surface area contributed by atoms with E-state index < -0.39 is 0 Å². The van der Waals surface area contributed by atoms with Crippen molar-refractivity contribution in [2.75, 3.05) is 0 Å². The second-order valence-electron chi connectivity index (χ2n) is 4.97. The van der Waals surface area contributed by atoms with E-state index in [0.717, 1.165) is 33.4 Å². The number of aryl methyl sites for hydroxylation is 2. The lowest BCUT2D eigenvalue weighted by Gasteiger charge is -2.11. The van der Waals surface area contributed by atoms with E-state index in [0.29, 0.717) is 13.2 Å². The highest BCUT2D eigenvalue weighted by Gasteiger charge is 2.16. The number of benzene rings is 1. The molecule has 0 fully saturated rings. The summed E-state index contributed by atoms with van der Waals surface area (Å²) in [6.45, 7) is 4.73. The fourth-order valence-electron chi connectivity index (χ4n) is 2.12. The Kier molecular flexibility index (Phi) is 4.17. The predicted molar refractivity (Wildman–Crippen MR) is 85.2 cm³/mol. The van der Waals surface area contributed by atoms with Gasteiger partial charge >= 0.3 is 0 Å². The normalized spacial score (nSPS) is 10.9. The summed E-state index contributed by atoms with van der Waals surface area (Å²) < 4.78 is 7.66. The molecule has 2 heterocycles. The summed E-state index contributed by atoms with van der Waals surface area (Å²) in [7, 11) is 0. The van der Waals surface area contributed by atoms with Crippen molar-refractivity contribution in [1.29, 1.82) is 0 Å². The van der Waals surface area contributed by atoms with Crippen LogP contribution < -0.4 is 10.5 Å². The molecule has 6 nitrogen and oxygen atoms in total. The Hall–Kier alpha value is -2.25. The van der Waals surface area contributed by atoms with Gasteiger partial charge in [-0.15, -0.1) is 16.4 Å². The van der Waals surface area contributed by atoms with Gasteiger partial charge < -0.3 is 10.5 Å². The van der Waals surface area contributed by atoms with Gasteiger partial charge in [0.1, 0.15) is 23.7 Å². The van der Waals surface area contributed by atoms with Gasteiger partial charge in [-0.25, -0.2) is 4.98 Å². The van der Waals surface area contributed by atoms with Crippen molar-refractivity contribution in [1.82, 2.24) is 20.0 Å². The SMILES string of the molecule is Cc1ccc(C)c(OCc2c(CN)nnn2-c2nccs2)c1. The van der Waals surface area contributed by atoms with Crippen molar-refractivity contribution < 1.29 is 4.74 Å². The van der Waals surface area contributed by atoms with Gasteiger partial charge in [0.15, 0.2) is 0 Å². The highest BCUT2D eigenvalue weighted by molar-refractivity contribution is 7.12. The predicted octanol–water partition coefficient (Wildman–Crippen LogP) is 2.38. The highest BCUT2D eigenvalue weighted by Crippen LogP contribution is 2.22. The largest absolute Gasteiger partial charge is 0.487 e. The van der Waals surface area contributed by atoms with Gasteiger partial charge in [-0.3, -0.25) is 0 Å². The molecule has 0 unspecified atom stereocenters. The van der Waals surface area contributed by atoms with Crippen molar-refractivity contribution in [3.8, 4) is 10.9 Å². The molecule has 7 heteroatoms. The number of hydrogen-bond acceptors (Lipinski definition) is 6. The molecule has 2 N–H and O–H groups in total. The zero-order valence-electron chi connectivity index (χ0n) is 12.5. The van der Waals surface area contributed by atoms with E-state index in [9.17, 15) is 0 Å². The molecule has 0 aliphatic carbocycles. The van der Waals surface area contributed by atoms with Crippen molar-refractivity contribution in [3.05, 3.63) is 52.3 Å². The van der Waals surface area contributed by atoms with Crippen LogP contribution in [-0.4, -0.2) is 20.0 Å². The minimum Gasteiger partial charge on any atom is -0.487 e. The van der Waals surface area contributed by atoms with E-state index >= 15 is 0 Å². The summed E-state index contributed by atoms with van der Waals surface area (Å²) in [5.41, 5.74) is 9.56. The van der Waals surface area contributed by atoms with Gasteiger partial charge in [0.05, 0.1) is 0 Å². The van der Waals surface area contributed by atoms with Crippen molar-refractivity contribution >= 4 is 11.3 Å². The van der Waals surface area contributed by atoms with Crippen LogP contribution in [0.5, 0.6) is 5.75 Å². The number of aromatic nitrogens is 4. The fraction of sp³-hybridized carbons (Fsp3) is 0.267. The first-order valence-electron chi connectivity index (χ1n) is 6.92. The van der Waals surface area contributed by atoms with Crippen molar-refractivity contribution in [3.63, 3.8) is 0 Å². The number of nitrogens with zero attached hydrogens (tertiary/aromatic N) is 4. The molecular weight excluding hydrogens is 298 g/mol. The topological polar surface area (TPSA) is 78.9 Å². The number of hydrogen-bond donors (Lipinski definition) is 1. The molecule has 0 saturated carbocycles. The van der Waals surface area contributed by atoms with Crippen LogP contribution in [0, 0.1) is 13.8 Å². The second kappa shape index (κ2) is 6.25. The molecule has 0 atom stereocenters. The zero-order chi connectivity index (χ0) is 15.5. The molecule has 2 aromatic heterocycles. The Bertz CT molecular complexity index is 766. The van der Waals surface area contributed by atoms with Crippen molar-refractivity contribution in [2.24, 2.45) is 5.73 Å². The Morgan fingerprint density at radius 2 is 2.18 bits per heavy atom. The van der Waals surface area contributed by atoms with E-state index in [4.69, 9.17) is 10.5 Å². The van der Waals surface area contributed by atoms with Crippen LogP contribution in [0.3, 0.4) is 0 Å². The maximum absolute atomic E-state index is 5.96. The first kappa shape index (κ1) is 14.7. The van der Waals surface area contributed by atoms with Gasteiger partial charge in [-0.1, -0.05) is 17.3 Å². The fourth-order valence-corrected chi connectivity index (χ4v) is 2.73. The van der Waals surface area contributed by atoms with Crippen molar-refractivity contribution in [2.45, 2.75) is 27.0 Å². The summed E-state index contributed by atoms with van der Waals surface area (Å²) in [6, 6.07) is 6.13. The minimum atomic E-state index is 0.316. The van der Waals surface area contributed by atoms with E-state index in [-0.39, 0.29) is 0 Å². The number of rotatable bonds is 5. The van der Waals surface area contributed by atoms with Gasteiger partial charge in [-0.05, 0) is 31.0 Å². The summed E-state index contributed by atoms with van der Waals surface area (Å²) >= 11 is 1.49. The lowest BCUT2D eigenvalue weighted by molar-refractivity contribution is 0.294. The molecule has 0 amide bonds. The monoisotopic (exact) mass is 315 g/mol. The van der Waals surface area contributed by atoms with Crippen LogP contribution in [0.25, 0.3) is 5.13 Å². The average Bonchev–Trinajstić information content (AvgIpc) is 3.16. The molecule has 0 aliphatic rings. The third-order valence-corrected chi connectivity index (χ3v) is 4.09. The maximum atomic E-state index is 5.96. The molecule has 3 rings (SSSR count). The average molecular weight is 315 g/mol. The molecule has 114 valence electrons. The lowest BCUT2D eigenvalue weighted by Crippen LogP contribution is -2.09. The number of nitrogens with two attached hydrogens (primary N) is 1. The third-order valence-electron chi connectivity index (χ3n) is 3.35. The van der Waals surface area contributed by atoms with Crippen LogP contribution in [0.1, 0.15) is 22.5 Å². The van der Waals surface area contributed by atoms with E-state index in [1.807, 2.05) is 31.4 Å². The van der Waals surface area contributed by atoms with Crippen LogP contribution in [0.4, 0.5) is 0 Å². The molecular formula is C15H17N5OS. The Morgan fingerprint density at radius 1 is 1.32 bits per heavy atom. The van der Waals surface area contributed by atoms with E-state index in [1.54, 1.807) is 10.9 Å². The Balaban J connectivity index is 1.88. The summed E-state index contributed by atoms with van der Waals surface area (Å²) in [5.74, 6) is 0.856. The molecule has 0 radical (unpaired) electrons. The second-order valence-corrected chi connectivity index (χ2v) is 5.84. The number of ether oxygens (including phenoxy) is 1. The molecule has 0 spiro atoms. The van der Waals surface area contributed by atoms with Crippen LogP contribution in [-0.2, 0) is 13.2 Å². The van der Waals surface area contributed by atoms with Crippen LogP contribution in [0.15, 0.2) is 29.8 Å². The van der Waals surface area contributed by atoms with E-state index in [2.05, 4.69) is 21.4 Å². The summed E-state index contributed by atoms with van der Waals surface area (Å²) in [4.78, 5) is 4.26. The smallest absolute Gasteiger partial charge is 0.212 e. The standard InChI is InChI=1S/C15H17N5OS/c1-10-3-4-11(2)14(7-10)21-9-13-12(8-16)18-19-20(13)15-17-5-6-22-15/h3-7H,8-9,16H2,1-2H3. The Morgan fingerprint density at radius 3 is 2.91 bits per heavy atom.